The van der Waals surface area contributed by atoms with Gasteiger partial charge < -0.3 is 4.42 Å². The summed E-state index contributed by atoms with van der Waals surface area (Å²) in [5.74, 6) is 0. The quantitative estimate of drug-likeness (QED) is 0.292. The Kier molecular flexibility index (Phi) is 4.14. The van der Waals surface area contributed by atoms with E-state index in [1.165, 1.54) is 43.8 Å². The van der Waals surface area contributed by atoms with Gasteiger partial charge in [0, 0.05) is 22.8 Å². The number of aryl methyl sites for hydroxylation is 1. The van der Waals surface area contributed by atoms with Gasteiger partial charge >= 0.3 is 0 Å². The minimum absolute atomic E-state index is 0.857. The lowest BCUT2D eigenvalue weighted by Gasteiger charge is -2.06. The van der Waals surface area contributed by atoms with Crippen LogP contribution >= 0.6 is 0 Å². The molecule has 0 amide bonds. The van der Waals surface area contributed by atoms with Gasteiger partial charge in [-0.15, -0.1) is 0 Å². The third-order valence-electron chi connectivity index (χ3n) is 6.17. The van der Waals surface area contributed by atoms with Crippen molar-refractivity contribution in [1.29, 1.82) is 0 Å². The molecule has 0 aliphatic carbocycles. The fourth-order valence-electron chi connectivity index (χ4n) is 4.60. The lowest BCUT2D eigenvalue weighted by atomic mass is 9.95. The number of rotatable bonds is 3. The molecule has 1 heteroatoms. The van der Waals surface area contributed by atoms with Crippen molar-refractivity contribution in [2.24, 2.45) is 0 Å². The standard InChI is InChI=1S/C30H22O/c1-20-14-16-21(17-15-20)18-24-11-7-13-26-28-25-12-6-5-10-23(25)19-27(30(28)31-29(24)26)22-8-3-2-4-9-22/h2-17,19H,18H2,1H3. The molecule has 0 spiro atoms. The van der Waals surface area contributed by atoms with Crippen molar-refractivity contribution in [3.8, 4) is 11.1 Å². The second kappa shape index (κ2) is 7.14. The van der Waals surface area contributed by atoms with Crippen LogP contribution in [0.25, 0.3) is 43.8 Å². The Balaban J connectivity index is 1.67. The van der Waals surface area contributed by atoms with Gasteiger partial charge in [0.25, 0.3) is 0 Å². The highest BCUT2D eigenvalue weighted by Gasteiger charge is 2.17. The van der Waals surface area contributed by atoms with Gasteiger partial charge in [-0.3, -0.25) is 0 Å². The second-order valence-corrected chi connectivity index (χ2v) is 8.27. The topological polar surface area (TPSA) is 13.1 Å². The zero-order valence-corrected chi connectivity index (χ0v) is 17.4. The van der Waals surface area contributed by atoms with Gasteiger partial charge in [-0.05, 0) is 40.5 Å². The number of hydrogen-bond acceptors (Lipinski definition) is 1. The van der Waals surface area contributed by atoms with Gasteiger partial charge in [-0.25, -0.2) is 0 Å². The predicted molar refractivity (Wildman–Crippen MR) is 131 cm³/mol. The van der Waals surface area contributed by atoms with Crippen molar-refractivity contribution in [3.05, 3.63) is 120 Å². The smallest absolute Gasteiger partial charge is 0.143 e. The molecule has 0 saturated carbocycles. The number of benzene rings is 5. The van der Waals surface area contributed by atoms with Crippen LogP contribution in [0.3, 0.4) is 0 Å². The second-order valence-electron chi connectivity index (χ2n) is 8.27. The van der Waals surface area contributed by atoms with Crippen LogP contribution in [-0.2, 0) is 6.42 Å². The maximum atomic E-state index is 6.67. The maximum Gasteiger partial charge on any atom is 0.143 e. The molecular formula is C30H22O. The Hall–Kier alpha value is -3.84. The summed E-state index contributed by atoms with van der Waals surface area (Å²) in [5.41, 5.74) is 8.09. The van der Waals surface area contributed by atoms with Gasteiger partial charge in [0.05, 0.1) is 0 Å². The van der Waals surface area contributed by atoms with E-state index in [0.29, 0.717) is 0 Å². The first-order valence-electron chi connectivity index (χ1n) is 10.7. The molecule has 5 aromatic carbocycles. The third-order valence-corrected chi connectivity index (χ3v) is 6.17. The van der Waals surface area contributed by atoms with Gasteiger partial charge in [-0.1, -0.05) is 103 Å². The molecule has 1 nitrogen and oxygen atoms in total. The van der Waals surface area contributed by atoms with Crippen molar-refractivity contribution in [1.82, 2.24) is 0 Å². The summed E-state index contributed by atoms with van der Waals surface area (Å²) in [6, 6.07) is 36.7. The van der Waals surface area contributed by atoms with E-state index in [4.69, 9.17) is 4.42 Å². The van der Waals surface area contributed by atoms with E-state index in [0.717, 1.165) is 23.2 Å². The van der Waals surface area contributed by atoms with E-state index < -0.39 is 0 Å². The van der Waals surface area contributed by atoms with Gasteiger partial charge in [0.15, 0.2) is 0 Å². The molecule has 0 N–H and O–H groups in total. The predicted octanol–water partition coefficient (Wildman–Crippen LogP) is 8.31. The highest BCUT2D eigenvalue weighted by molar-refractivity contribution is 6.22. The van der Waals surface area contributed by atoms with E-state index in [9.17, 15) is 0 Å². The third kappa shape index (κ3) is 3.02. The van der Waals surface area contributed by atoms with Gasteiger partial charge in [0.1, 0.15) is 11.2 Å². The normalized spacial score (nSPS) is 11.5. The van der Waals surface area contributed by atoms with Crippen LogP contribution in [0.1, 0.15) is 16.7 Å². The molecule has 0 unspecified atom stereocenters. The minimum atomic E-state index is 0.857. The molecule has 6 rings (SSSR count). The van der Waals surface area contributed by atoms with Crippen LogP contribution in [0.5, 0.6) is 0 Å². The summed E-state index contributed by atoms with van der Waals surface area (Å²) in [4.78, 5) is 0. The first-order valence-corrected chi connectivity index (χ1v) is 10.7. The Bertz CT molecular complexity index is 1540. The first-order chi connectivity index (χ1) is 15.3. The molecule has 6 aromatic rings. The molecule has 0 radical (unpaired) electrons. The summed E-state index contributed by atoms with van der Waals surface area (Å²) in [6.45, 7) is 2.12. The number of para-hydroxylation sites is 1. The summed E-state index contributed by atoms with van der Waals surface area (Å²) in [5, 5.41) is 4.87. The van der Waals surface area contributed by atoms with E-state index in [1.54, 1.807) is 0 Å². The van der Waals surface area contributed by atoms with Crippen LogP contribution in [0.4, 0.5) is 0 Å². The van der Waals surface area contributed by atoms with Crippen LogP contribution in [0.15, 0.2) is 108 Å². The fraction of sp³-hybridized carbons (Fsp3) is 0.0667. The molecule has 0 aliphatic rings. The van der Waals surface area contributed by atoms with Crippen molar-refractivity contribution in [2.75, 3.05) is 0 Å². The maximum absolute atomic E-state index is 6.67. The Morgan fingerprint density at radius 2 is 1.39 bits per heavy atom. The highest BCUT2D eigenvalue weighted by atomic mass is 16.3. The molecule has 0 bridgehead atoms. The zero-order chi connectivity index (χ0) is 20.8. The van der Waals surface area contributed by atoms with Crippen LogP contribution in [0, 0.1) is 6.92 Å². The summed E-state index contributed by atoms with van der Waals surface area (Å²) >= 11 is 0. The molecule has 0 saturated heterocycles. The number of fused-ring (bicyclic) bond motifs is 5. The average Bonchev–Trinajstić information content (AvgIpc) is 3.22. The first kappa shape index (κ1) is 18.0. The largest absolute Gasteiger partial charge is 0.455 e. The Labute approximate surface area is 181 Å². The minimum Gasteiger partial charge on any atom is -0.455 e. The van der Waals surface area contributed by atoms with Crippen molar-refractivity contribution in [3.63, 3.8) is 0 Å². The molecule has 0 aliphatic heterocycles. The molecule has 148 valence electrons. The molecule has 31 heavy (non-hydrogen) atoms. The van der Waals surface area contributed by atoms with E-state index in [2.05, 4.69) is 110 Å². The number of furan rings is 1. The summed E-state index contributed by atoms with van der Waals surface area (Å²) in [7, 11) is 0. The molecular weight excluding hydrogens is 376 g/mol. The number of hydrogen-bond donors (Lipinski definition) is 0. The molecule has 0 fully saturated rings. The van der Waals surface area contributed by atoms with Gasteiger partial charge in [-0.2, -0.15) is 0 Å². The summed E-state index contributed by atoms with van der Waals surface area (Å²) < 4.78 is 6.67. The monoisotopic (exact) mass is 398 g/mol. The average molecular weight is 399 g/mol. The van der Waals surface area contributed by atoms with E-state index >= 15 is 0 Å². The fourth-order valence-corrected chi connectivity index (χ4v) is 4.60. The van der Waals surface area contributed by atoms with Crippen LogP contribution in [-0.4, -0.2) is 0 Å². The van der Waals surface area contributed by atoms with Crippen LogP contribution < -0.4 is 0 Å². The van der Waals surface area contributed by atoms with E-state index in [-0.39, 0.29) is 0 Å². The van der Waals surface area contributed by atoms with Crippen molar-refractivity contribution in [2.45, 2.75) is 13.3 Å². The molecule has 1 aromatic heterocycles. The SMILES string of the molecule is Cc1ccc(Cc2cccc3c2oc2c(-c4ccccc4)cc4ccccc4c23)cc1. The lowest BCUT2D eigenvalue weighted by Crippen LogP contribution is -1.88. The van der Waals surface area contributed by atoms with E-state index in [1.807, 2.05) is 0 Å². The lowest BCUT2D eigenvalue weighted by molar-refractivity contribution is 0.665. The Morgan fingerprint density at radius 1 is 0.645 bits per heavy atom. The molecule has 0 atom stereocenters. The van der Waals surface area contributed by atoms with Crippen LogP contribution in [0.2, 0.25) is 0 Å². The zero-order valence-electron chi connectivity index (χ0n) is 17.4. The van der Waals surface area contributed by atoms with Crippen molar-refractivity contribution < 1.29 is 4.42 Å². The van der Waals surface area contributed by atoms with Crippen molar-refractivity contribution >= 4 is 32.7 Å². The Morgan fingerprint density at radius 3 is 2.23 bits per heavy atom. The summed E-state index contributed by atoms with van der Waals surface area (Å²) in [6.07, 6.45) is 0.857. The van der Waals surface area contributed by atoms with Gasteiger partial charge in [0.2, 0.25) is 0 Å². The molecule has 1 heterocycles. The highest BCUT2D eigenvalue weighted by Crippen LogP contribution is 2.41.